The maximum absolute atomic E-state index is 11.7. The van der Waals surface area contributed by atoms with Crippen LogP contribution >= 0.6 is 39.5 Å². The van der Waals surface area contributed by atoms with E-state index in [9.17, 15) is 9.59 Å². The minimum atomic E-state index is -0.926. The Kier molecular flexibility index (Phi) is 4.84. The van der Waals surface area contributed by atoms with Crippen molar-refractivity contribution in [1.82, 2.24) is 0 Å². The van der Waals surface area contributed by atoms with Crippen molar-refractivity contribution in [2.24, 2.45) is 4.99 Å². The SMILES string of the molecule is O=C(O)CSC1=NC(=Cc2cccc(Br)c2)C(=O)S1. The summed E-state index contributed by atoms with van der Waals surface area (Å²) in [5, 5.41) is 8.42. The molecule has 0 bridgehead atoms. The molecule has 0 saturated heterocycles. The number of carbonyl (C=O) groups is 2. The van der Waals surface area contributed by atoms with Gasteiger partial charge in [-0.25, -0.2) is 4.99 Å². The van der Waals surface area contributed by atoms with Crippen LogP contribution in [-0.2, 0) is 9.59 Å². The van der Waals surface area contributed by atoms with Crippen LogP contribution in [0.2, 0.25) is 0 Å². The molecule has 0 atom stereocenters. The van der Waals surface area contributed by atoms with Crippen LogP contribution in [0.1, 0.15) is 5.56 Å². The summed E-state index contributed by atoms with van der Waals surface area (Å²) in [6.07, 6.45) is 1.69. The van der Waals surface area contributed by atoms with Crippen molar-refractivity contribution in [1.29, 1.82) is 0 Å². The number of halogens is 1. The number of carboxylic acids is 1. The molecule has 1 aliphatic rings. The lowest BCUT2D eigenvalue weighted by atomic mass is 10.2. The summed E-state index contributed by atoms with van der Waals surface area (Å²) in [7, 11) is 0. The number of nitrogens with zero attached hydrogens (tertiary/aromatic N) is 1. The second-order valence-electron chi connectivity index (χ2n) is 3.53. The minimum Gasteiger partial charge on any atom is -0.481 e. The van der Waals surface area contributed by atoms with Crippen molar-refractivity contribution >= 4 is 61.0 Å². The molecule has 2 rings (SSSR count). The molecule has 0 saturated carbocycles. The monoisotopic (exact) mass is 357 g/mol. The van der Waals surface area contributed by atoms with Gasteiger partial charge in [0, 0.05) is 4.47 Å². The number of aliphatic imine (C=N–C) groups is 1. The van der Waals surface area contributed by atoms with E-state index in [4.69, 9.17) is 5.11 Å². The number of rotatable bonds is 3. The van der Waals surface area contributed by atoms with Gasteiger partial charge in [-0.15, -0.1) is 0 Å². The third kappa shape index (κ3) is 4.22. The van der Waals surface area contributed by atoms with Crippen LogP contribution in [0.3, 0.4) is 0 Å². The highest BCUT2D eigenvalue weighted by atomic mass is 79.9. The molecule has 1 aromatic rings. The first kappa shape index (κ1) is 14.4. The Balaban J connectivity index is 2.15. The zero-order valence-corrected chi connectivity index (χ0v) is 12.7. The summed E-state index contributed by atoms with van der Waals surface area (Å²) in [5.74, 6) is -1.02. The summed E-state index contributed by atoms with van der Waals surface area (Å²) >= 11 is 5.38. The lowest BCUT2D eigenvalue weighted by molar-refractivity contribution is -0.133. The van der Waals surface area contributed by atoms with Crippen molar-refractivity contribution in [3.05, 3.63) is 40.0 Å². The maximum Gasteiger partial charge on any atom is 0.313 e. The molecule has 1 heterocycles. The third-order valence-electron chi connectivity index (χ3n) is 2.07. The standard InChI is InChI=1S/C12H8BrNO3S2/c13-8-3-1-2-7(4-8)5-9-11(17)19-12(14-9)18-6-10(15)16/h1-5H,6H2,(H,15,16). The Morgan fingerprint density at radius 3 is 3.00 bits per heavy atom. The van der Waals surface area contributed by atoms with Crippen molar-refractivity contribution in [3.63, 3.8) is 0 Å². The average molecular weight is 358 g/mol. The van der Waals surface area contributed by atoms with Crippen LogP contribution in [0.15, 0.2) is 39.4 Å². The number of carbonyl (C=O) groups excluding carboxylic acids is 1. The summed E-state index contributed by atoms with van der Waals surface area (Å²) in [6.45, 7) is 0. The largest absolute Gasteiger partial charge is 0.481 e. The Morgan fingerprint density at radius 1 is 1.53 bits per heavy atom. The molecule has 7 heteroatoms. The first-order valence-corrected chi connectivity index (χ1v) is 7.77. The van der Waals surface area contributed by atoms with Crippen LogP contribution in [-0.4, -0.2) is 26.3 Å². The van der Waals surface area contributed by atoms with Gasteiger partial charge < -0.3 is 5.11 Å². The highest BCUT2D eigenvalue weighted by molar-refractivity contribution is 9.10. The lowest BCUT2D eigenvalue weighted by Gasteiger charge is -1.95. The zero-order chi connectivity index (χ0) is 13.8. The van der Waals surface area contributed by atoms with E-state index in [-0.39, 0.29) is 10.9 Å². The smallest absolute Gasteiger partial charge is 0.313 e. The van der Waals surface area contributed by atoms with Crippen LogP contribution in [0.4, 0.5) is 0 Å². The normalized spacial score (nSPS) is 16.8. The van der Waals surface area contributed by atoms with Crippen molar-refractivity contribution < 1.29 is 14.7 Å². The Hall–Kier alpha value is -1.05. The third-order valence-corrected chi connectivity index (χ3v) is 4.56. The Labute approximate surface area is 126 Å². The van der Waals surface area contributed by atoms with E-state index in [1.165, 1.54) is 0 Å². The Morgan fingerprint density at radius 2 is 2.32 bits per heavy atom. The number of hydrogen-bond donors (Lipinski definition) is 1. The molecule has 0 spiro atoms. The number of thioether (sulfide) groups is 2. The minimum absolute atomic E-state index is 0.0940. The molecule has 1 aromatic carbocycles. The molecule has 98 valence electrons. The van der Waals surface area contributed by atoms with Gasteiger partial charge in [0.05, 0.1) is 5.75 Å². The number of hydrogen-bond acceptors (Lipinski definition) is 5. The van der Waals surface area contributed by atoms with E-state index in [2.05, 4.69) is 20.9 Å². The summed E-state index contributed by atoms with van der Waals surface area (Å²) in [6, 6.07) is 7.51. The second-order valence-corrected chi connectivity index (χ2v) is 6.63. The summed E-state index contributed by atoms with van der Waals surface area (Å²) in [4.78, 5) is 26.3. The molecular weight excluding hydrogens is 350 g/mol. The van der Waals surface area contributed by atoms with E-state index in [0.717, 1.165) is 33.6 Å². The first-order valence-electron chi connectivity index (χ1n) is 5.17. The molecule has 0 fully saturated rings. The molecule has 0 amide bonds. The van der Waals surface area contributed by atoms with Crippen molar-refractivity contribution in [3.8, 4) is 0 Å². The topological polar surface area (TPSA) is 66.7 Å². The number of benzene rings is 1. The van der Waals surface area contributed by atoms with Crippen LogP contribution in [0.25, 0.3) is 6.08 Å². The van der Waals surface area contributed by atoms with Crippen molar-refractivity contribution in [2.75, 3.05) is 5.75 Å². The number of aliphatic carboxylic acids is 1. The summed E-state index contributed by atoms with van der Waals surface area (Å²) < 4.78 is 1.40. The van der Waals surface area contributed by atoms with Gasteiger partial charge in [-0.1, -0.05) is 39.8 Å². The molecule has 19 heavy (non-hydrogen) atoms. The molecular formula is C12H8BrNO3S2. The van der Waals surface area contributed by atoms with Crippen molar-refractivity contribution in [2.45, 2.75) is 0 Å². The molecule has 0 radical (unpaired) electrons. The van der Waals surface area contributed by atoms with Crippen LogP contribution in [0.5, 0.6) is 0 Å². The predicted octanol–water partition coefficient (Wildman–Crippen LogP) is 3.24. The van der Waals surface area contributed by atoms with Crippen LogP contribution in [0, 0.1) is 0 Å². The van der Waals surface area contributed by atoms with E-state index in [1.807, 2.05) is 24.3 Å². The maximum atomic E-state index is 11.7. The molecule has 0 unspecified atom stereocenters. The highest BCUT2D eigenvalue weighted by Crippen LogP contribution is 2.31. The highest BCUT2D eigenvalue weighted by Gasteiger charge is 2.22. The van der Waals surface area contributed by atoms with Gasteiger partial charge in [-0.2, -0.15) is 0 Å². The van der Waals surface area contributed by atoms with Gasteiger partial charge in [0.1, 0.15) is 10.1 Å². The van der Waals surface area contributed by atoms with Crippen LogP contribution < -0.4 is 0 Å². The summed E-state index contributed by atoms with van der Waals surface area (Å²) in [5.41, 5.74) is 1.21. The Bertz CT molecular complexity index is 598. The van der Waals surface area contributed by atoms with E-state index in [1.54, 1.807) is 6.08 Å². The predicted molar refractivity (Wildman–Crippen MR) is 82.2 cm³/mol. The van der Waals surface area contributed by atoms with Gasteiger partial charge >= 0.3 is 5.97 Å². The molecule has 1 aliphatic heterocycles. The molecule has 0 aliphatic carbocycles. The quantitative estimate of drug-likeness (QED) is 0.841. The first-order chi connectivity index (χ1) is 9.04. The van der Waals surface area contributed by atoms with Gasteiger partial charge in [0.25, 0.3) is 0 Å². The average Bonchev–Trinajstić information content (AvgIpc) is 2.68. The fourth-order valence-electron chi connectivity index (χ4n) is 1.33. The van der Waals surface area contributed by atoms with E-state index >= 15 is 0 Å². The molecule has 1 N–H and O–H groups in total. The second kappa shape index (κ2) is 6.40. The molecule has 4 nitrogen and oxygen atoms in total. The van der Waals surface area contributed by atoms with Gasteiger partial charge in [-0.05, 0) is 35.5 Å². The van der Waals surface area contributed by atoms with E-state index < -0.39 is 5.97 Å². The van der Waals surface area contributed by atoms with Gasteiger partial charge in [0.15, 0.2) is 0 Å². The molecule has 0 aromatic heterocycles. The van der Waals surface area contributed by atoms with E-state index in [0.29, 0.717) is 10.1 Å². The van der Waals surface area contributed by atoms with Gasteiger partial charge in [-0.3, -0.25) is 9.59 Å². The number of carboxylic acid groups (broad SMARTS) is 1. The van der Waals surface area contributed by atoms with Gasteiger partial charge in [0.2, 0.25) is 5.12 Å². The lowest BCUT2D eigenvalue weighted by Crippen LogP contribution is -1.99. The fourth-order valence-corrected chi connectivity index (χ4v) is 3.31. The fraction of sp³-hybridized carbons (Fsp3) is 0.0833. The zero-order valence-electron chi connectivity index (χ0n) is 9.50.